The summed E-state index contributed by atoms with van der Waals surface area (Å²) in [5.41, 5.74) is -2.63. The first-order valence-electron chi connectivity index (χ1n) is 22.2. The minimum absolute atomic E-state index is 0.00670. The Labute approximate surface area is 337 Å². The molecule has 2 aliphatic heterocycles. The molecule has 10 heteroatoms. The first-order chi connectivity index (χ1) is 27.0. The van der Waals surface area contributed by atoms with Crippen LogP contribution in [0.1, 0.15) is 110 Å². The van der Waals surface area contributed by atoms with Crippen LogP contribution in [0.25, 0.3) is 0 Å². The normalized spacial score (nSPS) is 46.7. The number of carbonyl (C=O) groups excluding carboxylic acids is 2. The van der Waals surface area contributed by atoms with Gasteiger partial charge in [-0.3, -0.25) is 9.59 Å². The van der Waals surface area contributed by atoms with E-state index in [2.05, 4.69) is 39.8 Å². The fourth-order valence-electron chi connectivity index (χ4n) is 14.5. The van der Waals surface area contributed by atoms with Crippen molar-refractivity contribution in [2.45, 2.75) is 147 Å². The zero-order chi connectivity index (χ0) is 40.4. The van der Waals surface area contributed by atoms with Gasteiger partial charge in [0.2, 0.25) is 5.91 Å². The summed E-state index contributed by atoms with van der Waals surface area (Å²) in [6.45, 7) is 9.11. The summed E-state index contributed by atoms with van der Waals surface area (Å²) in [7, 11) is 0. The van der Waals surface area contributed by atoms with Crippen LogP contribution in [-0.2, 0) is 20.7 Å². The largest absolute Gasteiger partial charge is 0.508 e. The highest BCUT2D eigenvalue weighted by atomic mass is 16.6. The standard InChI is InChI=1S/C47H65NO9/c1-26(2)27(3)40-41(57-40)46(55)13-7-9-29-20-33-34(22-36(51)35-23-37(52)38(53)24-43(33,35)4)47(56)15-11-39(46)45(29,47)14-10-28-18-31(21-32(50)19-28)48-17-16-44(42(48)54)12-6-5-8-30(44)25-49/h7,9,18-19,21-22,26-27,29-30,33,35,37-41,49-50,52-53,55-56H,5-6,8,10-17,20,23-25H2,1-4H3/t27-,29-,30+,33+,35+,37-,38+,39+,40+,41-,43-,44-,45-,46-,47-/m1/s1. The minimum atomic E-state index is -1.44. The maximum absolute atomic E-state index is 14.2. The van der Waals surface area contributed by atoms with Gasteiger partial charge in [0.1, 0.15) is 17.5 Å². The van der Waals surface area contributed by atoms with Crippen LogP contribution in [0.4, 0.5) is 5.69 Å². The smallest absolute Gasteiger partial charge is 0.233 e. The molecule has 8 aliphatic rings. The quantitative estimate of drug-likeness (QED) is 0.149. The fourth-order valence-corrected chi connectivity index (χ4v) is 14.5. The van der Waals surface area contributed by atoms with Crippen molar-refractivity contribution in [3.63, 3.8) is 0 Å². The van der Waals surface area contributed by atoms with Gasteiger partial charge in [-0.1, -0.05) is 52.7 Å². The zero-order valence-corrected chi connectivity index (χ0v) is 34.3. The number of ether oxygens (including phenoxy) is 1. The number of aromatic hydroxyl groups is 1. The summed E-state index contributed by atoms with van der Waals surface area (Å²) in [5.74, 6) is -0.672. The molecule has 312 valence electrons. The molecule has 0 bridgehead atoms. The lowest BCUT2D eigenvalue weighted by molar-refractivity contribution is -0.182. The number of epoxide rings is 1. The molecular formula is C47H65NO9. The van der Waals surface area contributed by atoms with Crippen molar-refractivity contribution in [1.82, 2.24) is 0 Å². The van der Waals surface area contributed by atoms with Gasteiger partial charge in [0.05, 0.1) is 29.3 Å². The number of rotatable bonds is 8. The third-order valence-electron chi connectivity index (χ3n) is 18.0. The predicted octanol–water partition coefficient (Wildman–Crippen LogP) is 5.39. The molecule has 57 heavy (non-hydrogen) atoms. The van der Waals surface area contributed by atoms with Crippen LogP contribution >= 0.6 is 0 Å². The van der Waals surface area contributed by atoms with Crippen molar-refractivity contribution in [1.29, 1.82) is 0 Å². The van der Waals surface area contributed by atoms with E-state index in [1.807, 2.05) is 6.07 Å². The highest BCUT2D eigenvalue weighted by Crippen LogP contribution is 2.73. The van der Waals surface area contributed by atoms with Crippen molar-refractivity contribution in [3.8, 4) is 5.75 Å². The maximum atomic E-state index is 14.2. The Morgan fingerprint density at radius 3 is 2.51 bits per heavy atom. The SMILES string of the molecule is CC(C)[C@@H](C)[C@@H]1O[C@H]1[C@@]1(O)CC=C[C@@H]2C[C@H]3C(=CC(=O)[C@@H]4C[C@@H](O)[C@@H](O)C[C@@]43C)[C@]3(O)CC[C@H]1[C@@]23CCc1cc(O)cc(N2CC[C@@]3(CCCC[C@H]3CO)C2=O)c1. The summed E-state index contributed by atoms with van der Waals surface area (Å²) in [6.07, 6.45) is 11.2. The summed E-state index contributed by atoms with van der Waals surface area (Å²) >= 11 is 0. The second-order valence-corrected chi connectivity index (χ2v) is 20.6. The molecular weight excluding hydrogens is 723 g/mol. The second kappa shape index (κ2) is 13.7. The molecule has 6 fully saturated rings. The van der Waals surface area contributed by atoms with Crippen LogP contribution in [0.5, 0.6) is 5.75 Å². The van der Waals surface area contributed by atoms with Gasteiger partial charge in [-0.2, -0.15) is 0 Å². The van der Waals surface area contributed by atoms with Gasteiger partial charge in [-0.05, 0) is 135 Å². The first-order valence-corrected chi connectivity index (χ1v) is 22.2. The number of carbonyl (C=O) groups is 2. The number of phenolic OH excluding ortho intramolecular Hbond substituents is 1. The number of amides is 1. The number of hydrogen-bond donors (Lipinski definition) is 6. The van der Waals surface area contributed by atoms with E-state index in [9.17, 15) is 40.2 Å². The van der Waals surface area contributed by atoms with E-state index >= 15 is 0 Å². The molecule has 10 nitrogen and oxygen atoms in total. The van der Waals surface area contributed by atoms with Gasteiger partial charge in [0, 0.05) is 42.2 Å². The number of aryl methyl sites for hydroxylation is 1. The Morgan fingerprint density at radius 1 is 0.965 bits per heavy atom. The maximum Gasteiger partial charge on any atom is 0.233 e. The lowest BCUT2D eigenvalue weighted by atomic mass is 9.42. The second-order valence-electron chi connectivity index (χ2n) is 20.6. The fraction of sp³-hybridized carbons (Fsp3) is 0.745. The highest BCUT2D eigenvalue weighted by Gasteiger charge is 2.76. The van der Waals surface area contributed by atoms with Crippen LogP contribution in [-0.4, -0.2) is 91.1 Å². The van der Waals surface area contributed by atoms with Gasteiger partial charge < -0.3 is 40.3 Å². The summed E-state index contributed by atoms with van der Waals surface area (Å²) in [5, 5.41) is 70.0. The molecule has 0 radical (unpaired) electrons. The van der Waals surface area contributed by atoms with Crippen LogP contribution in [0.15, 0.2) is 42.0 Å². The van der Waals surface area contributed by atoms with Crippen LogP contribution in [0.2, 0.25) is 0 Å². The Balaban J connectivity index is 1.11. The molecule has 1 spiro atoms. The Hall–Kier alpha value is -2.60. The number of benzene rings is 1. The molecule has 6 N–H and O–H groups in total. The molecule has 9 rings (SSSR count). The van der Waals surface area contributed by atoms with Crippen molar-refractivity contribution >= 4 is 17.4 Å². The number of ketones is 1. The van der Waals surface area contributed by atoms with Gasteiger partial charge in [0.15, 0.2) is 5.78 Å². The predicted molar refractivity (Wildman–Crippen MR) is 214 cm³/mol. The molecule has 1 aromatic rings. The van der Waals surface area contributed by atoms with Gasteiger partial charge >= 0.3 is 0 Å². The molecule has 2 saturated heterocycles. The number of anilines is 1. The average molecular weight is 788 g/mol. The van der Waals surface area contributed by atoms with Gasteiger partial charge in [-0.15, -0.1) is 0 Å². The minimum Gasteiger partial charge on any atom is -0.508 e. The van der Waals surface area contributed by atoms with Gasteiger partial charge in [-0.25, -0.2) is 0 Å². The third kappa shape index (κ3) is 5.62. The van der Waals surface area contributed by atoms with Crippen molar-refractivity contribution in [2.24, 2.45) is 57.7 Å². The Bertz CT molecular complexity index is 1860. The number of phenols is 1. The van der Waals surface area contributed by atoms with Crippen LogP contribution in [0, 0.1) is 57.7 Å². The number of hydrogen-bond acceptors (Lipinski definition) is 9. The topological polar surface area (TPSA) is 171 Å². The monoisotopic (exact) mass is 787 g/mol. The third-order valence-corrected chi connectivity index (χ3v) is 18.0. The molecule has 6 aliphatic carbocycles. The molecule has 2 heterocycles. The van der Waals surface area contributed by atoms with Crippen LogP contribution < -0.4 is 4.90 Å². The number of aliphatic hydroxyl groups is 5. The molecule has 0 unspecified atom stereocenters. The van der Waals surface area contributed by atoms with Crippen molar-refractivity contribution < 1.29 is 45.0 Å². The molecule has 4 saturated carbocycles. The van der Waals surface area contributed by atoms with E-state index in [1.54, 1.807) is 23.1 Å². The van der Waals surface area contributed by atoms with E-state index in [-0.39, 0.29) is 78.7 Å². The molecule has 0 aromatic heterocycles. The summed E-state index contributed by atoms with van der Waals surface area (Å²) in [4.78, 5) is 30.1. The summed E-state index contributed by atoms with van der Waals surface area (Å²) < 4.78 is 6.43. The number of allylic oxidation sites excluding steroid dienone is 2. The van der Waals surface area contributed by atoms with E-state index in [4.69, 9.17) is 4.74 Å². The lowest BCUT2D eigenvalue weighted by Gasteiger charge is -2.63. The summed E-state index contributed by atoms with van der Waals surface area (Å²) in [6, 6.07) is 5.38. The highest BCUT2D eigenvalue weighted by molar-refractivity contribution is 6.00. The first kappa shape index (κ1) is 39.8. The van der Waals surface area contributed by atoms with E-state index < -0.39 is 45.6 Å². The molecule has 1 aromatic carbocycles. The van der Waals surface area contributed by atoms with E-state index in [0.29, 0.717) is 68.7 Å². The van der Waals surface area contributed by atoms with E-state index in [0.717, 1.165) is 31.2 Å². The Morgan fingerprint density at radius 2 is 1.75 bits per heavy atom. The van der Waals surface area contributed by atoms with Gasteiger partial charge in [0.25, 0.3) is 0 Å². The lowest BCUT2D eigenvalue weighted by Crippen LogP contribution is -2.66. The van der Waals surface area contributed by atoms with Crippen molar-refractivity contribution in [2.75, 3.05) is 18.1 Å². The average Bonchev–Trinajstić information content (AvgIpc) is 3.86. The van der Waals surface area contributed by atoms with E-state index in [1.165, 1.54) is 0 Å². The zero-order valence-electron chi connectivity index (χ0n) is 34.3. The number of nitrogens with zero attached hydrogens (tertiary/aromatic N) is 1. The van der Waals surface area contributed by atoms with Crippen LogP contribution in [0.3, 0.4) is 0 Å². The number of fused-ring (bicyclic) bond motifs is 4. The molecule has 15 atom stereocenters. The Kier molecular flexibility index (Phi) is 9.59. The molecule has 1 amide bonds. The van der Waals surface area contributed by atoms with Crippen molar-refractivity contribution in [3.05, 3.63) is 47.6 Å². The number of aliphatic hydroxyl groups excluding tert-OH is 3.